The van der Waals surface area contributed by atoms with Crippen molar-refractivity contribution in [3.63, 3.8) is 0 Å². The van der Waals surface area contributed by atoms with E-state index in [0.29, 0.717) is 43.1 Å². The third kappa shape index (κ3) is 4.83. The average Bonchev–Trinajstić information content (AvgIpc) is 3.66. The Morgan fingerprint density at radius 3 is 2.85 bits per heavy atom. The largest absolute Gasteiger partial charge is 0.491 e. The molecule has 248 valence electrons. The molecule has 4 atom stereocenters. The number of nitriles is 2. The van der Waals surface area contributed by atoms with Crippen LogP contribution in [-0.2, 0) is 0 Å². The Morgan fingerprint density at radius 2 is 2.04 bits per heavy atom. The minimum atomic E-state index is -0.755. The van der Waals surface area contributed by atoms with Crippen LogP contribution in [0.2, 0.25) is 5.02 Å². The summed E-state index contributed by atoms with van der Waals surface area (Å²) in [5, 5.41) is 20.4. The number of hydrogen-bond donors (Lipinski definition) is 1. The van der Waals surface area contributed by atoms with Gasteiger partial charge in [0.05, 0.1) is 38.9 Å². The van der Waals surface area contributed by atoms with Gasteiger partial charge in [0, 0.05) is 42.4 Å². The first-order valence-corrected chi connectivity index (χ1v) is 17.7. The zero-order chi connectivity index (χ0) is 33.3. The smallest absolute Gasteiger partial charge is 0.319 e. The molecule has 13 heteroatoms. The van der Waals surface area contributed by atoms with Crippen LogP contribution in [0.15, 0.2) is 12.1 Å². The van der Waals surface area contributed by atoms with Gasteiger partial charge in [-0.3, -0.25) is 4.90 Å². The molecule has 0 saturated carbocycles. The van der Waals surface area contributed by atoms with Gasteiger partial charge in [-0.15, -0.1) is 11.3 Å². The Labute approximate surface area is 285 Å². The van der Waals surface area contributed by atoms with Crippen LogP contribution >= 0.6 is 22.9 Å². The van der Waals surface area contributed by atoms with E-state index >= 15 is 8.78 Å². The number of benzene rings is 2. The van der Waals surface area contributed by atoms with Crippen molar-refractivity contribution in [2.75, 3.05) is 43.5 Å². The molecule has 0 aliphatic carbocycles. The van der Waals surface area contributed by atoms with E-state index < -0.39 is 11.6 Å². The van der Waals surface area contributed by atoms with Crippen molar-refractivity contribution in [1.29, 1.82) is 10.5 Å². The number of nitrogen functional groups attached to an aromatic ring is 1. The van der Waals surface area contributed by atoms with E-state index in [4.69, 9.17) is 36.8 Å². The highest BCUT2D eigenvalue weighted by Gasteiger charge is 2.48. The Balaban J connectivity index is 1.35. The Bertz CT molecular complexity index is 2060. The molecule has 2 aromatic carbocycles. The van der Waals surface area contributed by atoms with Crippen LogP contribution in [0.1, 0.15) is 57.4 Å². The lowest BCUT2D eigenvalue weighted by atomic mass is 9.92. The summed E-state index contributed by atoms with van der Waals surface area (Å²) >= 11 is 8.02. The van der Waals surface area contributed by atoms with Gasteiger partial charge in [0.1, 0.15) is 34.8 Å². The van der Waals surface area contributed by atoms with Gasteiger partial charge in [-0.1, -0.05) is 24.6 Å². The maximum absolute atomic E-state index is 17.3. The predicted molar refractivity (Wildman–Crippen MR) is 181 cm³/mol. The predicted octanol–water partition coefficient (Wildman–Crippen LogP) is 7.43. The lowest BCUT2D eigenvalue weighted by Crippen LogP contribution is -2.43. The highest BCUT2D eigenvalue weighted by atomic mass is 35.5. The fourth-order valence-electron chi connectivity index (χ4n) is 8.64. The number of halogens is 3. The van der Waals surface area contributed by atoms with Gasteiger partial charge in [0.15, 0.2) is 11.6 Å². The Hall–Kier alpha value is -3.97. The molecular formula is C35H34ClF2N7O2S. The molecule has 4 aliphatic heterocycles. The summed E-state index contributed by atoms with van der Waals surface area (Å²) in [6, 6.07) is 7.13. The number of ether oxygens (including phenoxy) is 2. The topological polar surface area (TPSA) is 124 Å². The summed E-state index contributed by atoms with van der Waals surface area (Å²) in [5.74, 6) is -0.213. The lowest BCUT2D eigenvalue weighted by molar-refractivity contribution is 0.107. The van der Waals surface area contributed by atoms with Crippen LogP contribution < -0.4 is 20.1 Å². The first-order chi connectivity index (χ1) is 23.2. The summed E-state index contributed by atoms with van der Waals surface area (Å²) in [4.78, 5) is 14.3. The minimum absolute atomic E-state index is 0.0244. The molecule has 48 heavy (non-hydrogen) atoms. The monoisotopic (exact) mass is 689 g/mol. The van der Waals surface area contributed by atoms with Gasteiger partial charge in [-0.2, -0.15) is 20.5 Å². The van der Waals surface area contributed by atoms with Crippen LogP contribution in [-0.4, -0.2) is 59.3 Å². The number of hydrogen-bond acceptors (Lipinski definition) is 10. The van der Waals surface area contributed by atoms with Crippen molar-refractivity contribution >= 4 is 54.7 Å². The van der Waals surface area contributed by atoms with E-state index in [0.717, 1.165) is 56.5 Å². The van der Waals surface area contributed by atoms with Crippen LogP contribution in [0.5, 0.6) is 11.8 Å². The van der Waals surface area contributed by atoms with Crippen LogP contribution in [0.4, 0.5) is 19.6 Å². The van der Waals surface area contributed by atoms with Gasteiger partial charge < -0.3 is 20.1 Å². The molecule has 0 bridgehead atoms. The Morgan fingerprint density at radius 1 is 1.19 bits per heavy atom. The molecule has 3 unspecified atom stereocenters. The molecule has 3 fully saturated rings. The molecule has 2 N–H and O–H groups in total. The van der Waals surface area contributed by atoms with Crippen molar-refractivity contribution in [2.24, 2.45) is 11.8 Å². The second kappa shape index (κ2) is 11.9. The Kier molecular flexibility index (Phi) is 7.74. The summed E-state index contributed by atoms with van der Waals surface area (Å²) < 4.78 is 45.3. The maximum Gasteiger partial charge on any atom is 0.319 e. The van der Waals surface area contributed by atoms with Crippen molar-refractivity contribution in [1.82, 2.24) is 14.9 Å². The van der Waals surface area contributed by atoms with Gasteiger partial charge in [0.25, 0.3) is 0 Å². The van der Waals surface area contributed by atoms with E-state index in [1.165, 1.54) is 12.1 Å². The third-order valence-electron chi connectivity index (χ3n) is 10.7. The summed E-state index contributed by atoms with van der Waals surface area (Å²) in [6.07, 6.45) is 5.86. The molecule has 4 aromatic rings. The molecule has 2 aromatic heterocycles. The molecule has 9 nitrogen and oxygen atoms in total. The number of nitrogens with two attached hydrogens (primary N) is 1. The van der Waals surface area contributed by atoms with Gasteiger partial charge >= 0.3 is 6.01 Å². The molecular weight excluding hydrogens is 656 g/mol. The summed E-state index contributed by atoms with van der Waals surface area (Å²) in [7, 11) is 0. The zero-order valence-electron chi connectivity index (χ0n) is 26.5. The molecule has 6 heterocycles. The first kappa shape index (κ1) is 31.3. The van der Waals surface area contributed by atoms with E-state index in [1.54, 1.807) is 0 Å². The van der Waals surface area contributed by atoms with Crippen LogP contribution in [0, 0.1) is 46.1 Å². The van der Waals surface area contributed by atoms with E-state index in [-0.39, 0.29) is 78.2 Å². The zero-order valence-corrected chi connectivity index (χ0v) is 28.1. The fraction of sp³-hybridized carbons (Fsp3) is 0.486. The first-order valence-electron chi connectivity index (χ1n) is 16.5. The molecule has 0 amide bonds. The van der Waals surface area contributed by atoms with Gasteiger partial charge in [-0.05, 0) is 62.6 Å². The van der Waals surface area contributed by atoms with E-state index in [2.05, 4.69) is 28.9 Å². The molecule has 4 aliphatic rings. The third-order valence-corrected chi connectivity index (χ3v) is 12.1. The molecule has 8 rings (SSSR count). The summed E-state index contributed by atoms with van der Waals surface area (Å²) in [5.41, 5.74) is 6.19. The normalized spacial score (nSPS) is 25.5. The van der Waals surface area contributed by atoms with Crippen molar-refractivity contribution in [3.8, 4) is 35.0 Å². The van der Waals surface area contributed by atoms with Crippen LogP contribution in [0.3, 0.4) is 0 Å². The van der Waals surface area contributed by atoms with Crippen molar-refractivity contribution in [2.45, 2.75) is 63.5 Å². The number of rotatable bonds is 4. The SMILES string of the molecule is C[C@H]1CN2CCCC2(COc2nc3c4c(c(Cl)c(-c5ccc(F)c6sc(N)c(C#N)c56)c(F)c4n2)OCCC2CC(C#N)CCCN32)C1. The van der Waals surface area contributed by atoms with E-state index in [1.807, 2.05) is 0 Å². The molecule has 0 spiro atoms. The molecule has 0 radical (unpaired) electrons. The average molecular weight is 690 g/mol. The minimum Gasteiger partial charge on any atom is -0.491 e. The van der Waals surface area contributed by atoms with E-state index in [9.17, 15) is 10.5 Å². The van der Waals surface area contributed by atoms with Gasteiger partial charge in [-0.25, -0.2) is 8.78 Å². The highest BCUT2D eigenvalue weighted by molar-refractivity contribution is 7.23. The quantitative estimate of drug-likeness (QED) is 0.233. The van der Waals surface area contributed by atoms with Crippen molar-refractivity contribution in [3.05, 3.63) is 34.4 Å². The number of anilines is 2. The number of fused-ring (bicyclic) bond motifs is 4. The van der Waals surface area contributed by atoms with Crippen LogP contribution in [0.25, 0.3) is 32.1 Å². The lowest BCUT2D eigenvalue weighted by Gasteiger charge is -2.35. The second-order valence-corrected chi connectivity index (χ2v) is 15.1. The molecule has 3 saturated heterocycles. The standard InChI is InChI=1S/C35H34ClF2N7O2S/c1-18-13-35(8-3-9-44(35)16-18)17-47-34-42-29-26-30(46-11-7-20-12-19(14-39)4-2-10-45(20)33(26)43-34)27(36)25(28(29)38)21-5-6-23(37)31-24(21)22(15-40)32(41)48-31/h5-6,18-20H,2-4,7-13,16-17,41H2,1H3/t18-,19?,20?,35?/m1/s1. The fourth-order valence-corrected chi connectivity index (χ4v) is 9.92. The number of thiophene rings is 1. The maximum atomic E-state index is 17.3. The number of aromatic nitrogens is 2. The summed E-state index contributed by atoms with van der Waals surface area (Å²) in [6.45, 7) is 5.55. The highest BCUT2D eigenvalue weighted by Crippen LogP contribution is 2.51. The number of nitrogens with zero attached hydrogens (tertiary/aromatic N) is 6. The second-order valence-electron chi connectivity index (χ2n) is 13.7. The van der Waals surface area contributed by atoms with Crippen molar-refractivity contribution < 1.29 is 18.3 Å². The van der Waals surface area contributed by atoms with Gasteiger partial charge in [0.2, 0.25) is 0 Å².